The molecule has 6 nitrogen and oxygen atoms in total. The predicted molar refractivity (Wildman–Crippen MR) is 112 cm³/mol. The summed E-state index contributed by atoms with van der Waals surface area (Å²) in [6.07, 6.45) is 7.75. The second-order valence-electron chi connectivity index (χ2n) is 7.82. The molecule has 0 radical (unpaired) electrons. The van der Waals surface area contributed by atoms with Gasteiger partial charge in [-0.1, -0.05) is 18.2 Å². The molecule has 1 amide bonds. The normalized spacial score (nSPS) is 16.8. The van der Waals surface area contributed by atoms with E-state index < -0.39 is 0 Å². The number of benzene rings is 1. The lowest BCUT2D eigenvalue weighted by Gasteiger charge is -2.14. The van der Waals surface area contributed by atoms with Crippen LogP contribution in [0.1, 0.15) is 33.6 Å². The first-order valence-electron chi connectivity index (χ1n) is 10.1. The largest absolute Gasteiger partial charge is 0.348 e. The zero-order valence-corrected chi connectivity index (χ0v) is 16.8. The average Bonchev–Trinajstić information content (AvgIpc) is 3.36. The molecule has 1 N–H and O–H groups in total. The zero-order valence-electron chi connectivity index (χ0n) is 16.8. The predicted octanol–water partition coefficient (Wildman–Crippen LogP) is 2.81. The van der Waals surface area contributed by atoms with Gasteiger partial charge in [0.05, 0.1) is 5.69 Å². The van der Waals surface area contributed by atoms with Gasteiger partial charge in [-0.3, -0.25) is 19.4 Å². The van der Waals surface area contributed by atoms with E-state index in [0.717, 1.165) is 37.3 Å². The Bertz CT molecular complexity index is 935. The van der Waals surface area contributed by atoms with Crippen molar-refractivity contribution in [1.82, 2.24) is 25.0 Å². The van der Waals surface area contributed by atoms with Crippen LogP contribution in [0, 0.1) is 5.92 Å². The molecule has 1 aliphatic rings. The fourth-order valence-corrected chi connectivity index (χ4v) is 3.91. The van der Waals surface area contributed by atoms with Gasteiger partial charge in [0.1, 0.15) is 0 Å². The monoisotopic (exact) mass is 389 g/mol. The Morgan fingerprint density at radius 1 is 1.17 bits per heavy atom. The number of hydrogen-bond donors (Lipinski definition) is 1. The van der Waals surface area contributed by atoms with Gasteiger partial charge in [0.15, 0.2) is 0 Å². The highest BCUT2D eigenvalue weighted by atomic mass is 16.1. The Hall–Kier alpha value is -2.99. The fourth-order valence-electron chi connectivity index (χ4n) is 3.91. The molecule has 1 fully saturated rings. The van der Waals surface area contributed by atoms with Crippen molar-refractivity contribution in [2.75, 3.05) is 13.1 Å². The smallest absolute Gasteiger partial charge is 0.251 e. The Morgan fingerprint density at radius 3 is 2.76 bits per heavy atom. The van der Waals surface area contributed by atoms with Crippen LogP contribution in [0.3, 0.4) is 0 Å². The standard InChI is InChI=1S/C23H27N5O/c1-27-11-9-22(26-27)17-28-12-8-19(16-28)13-18-4-6-21(7-5-18)23(29)25-15-20-3-2-10-24-14-20/h2-7,9-11,14,19H,8,12-13,15-17H2,1H3,(H,25,29). The number of nitrogens with one attached hydrogen (secondary N) is 1. The molecule has 1 aromatic carbocycles. The minimum absolute atomic E-state index is 0.0530. The summed E-state index contributed by atoms with van der Waals surface area (Å²) < 4.78 is 1.86. The number of carbonyl (C=O) groups is 1. The van der Waals surface area contributed by atoms with E-state index in [0.29, 0.717) is 18.0 Å². The van der Waals surface area contributed by atoms with E-state index in [1.165, 1.54) is 12.0 Å². The Kier molecular flexibility index (Phi) is 6.00. The number of rotatable bonds is 7. The molecule has 4 rings (SSSR count). The van der Waals surface area contributed by atoms with Crippen molar-refractivity contribution in [3.8, 4) is 0 Å². The molecule has 0 spiro atoms. The van der Waals surface area contributed by atoms with Crippen LogP contribution in [-0.2, 0) is 26.6 Å². The van der Waals surface area contributed by atoms with Gasteiger partial charge in [-0.2, -0.15) is 5.10 Å². The van der Waals surface area contributed by atoms with E-state index in [2.05, 4.69) is 38.5 Å². The van der Waals surface area contributed by atoms with E-state index >= 15 is 0 Å². The molecular formula is C23H27N5O. The first-order chi connectivity index (χ1) is 14.2. The Balaban J connectivity index is 1.25. The third-order valence-electron chi connectivity index (χ3n) is 5.44. The van der Waals surface area contributed by atoms with Crippen molar-refractivity contribution in [1.29, 1.82) is 0 Å². The topological polar surface area (TPSA) is 63.1 Å². The van der Waals surface area contributed by atoms with Gasteiger partial charge in [-0.15, -0.1) is 0 Å². The SMILES string of the molecule is Cn1ccc(CN2CCC(Cc3ccc(C(=O)NCc4cccnc4)cc3)C2)n1. The third kappa shape index (κ3) is 5.29. The number of hydrogen-bond acceptors (Lipinski definition) is 4. The number of nitrogens with zero attached hydrogens (tertiary/aromatic N) is 4. The molecule has 6 heteroatoms. The number of pyridine rings is 1. The summed E-state index contributed by atoms with van der Waals surface area (Å²) in [4.78, 5) is 18.9. The lowest BCUT2D eigenvalue weighted by Crippen LogP contribution is -2.23. The average molecular weight is 390 g/mol. The minimum atomic E-state index is -0.0530. The maximum absolute atomic E-state index is 12.3. The first-order valence-corrected chi connectivity index (χ1v) is 10.1. The molecule has 3 aromatic rings. The molecule has 29 heavy (non-hydrogen) atoms. The van der Waals surface area contributed by atoms with Crippen LogP contribution in [0.5, 0.6) is 0 Å². The Labute approximate surface area is 171 Å². The fraction of sp³-hybridized carbons (Fsp3) is 0.348. The van der Waals surface area contributed by atoms with E-state index in [1.807, 2.05) is 42.2 Å². The summed E-state index contributed by atoms with van der Waals surface area (Å²) in [6.45, 7) is 3.63. The van der Waals surface area contributed by atoms with E-state index in [4.69, 9.17) is 0 Å². The maximum atomic E-state index is 12.3. The first kappa shape index (κ1) is 19.3. The molecule has 3 heterocycles. The molecule has 0 saturated carbocycles. The molecule has 1 aliphatic heterocycles. The number of likely N-dealkylation sites (tertiary alicyclic amines) is 1. The van der Waals surface area contributed by atoms with Crippen LogP contribution in [0.2, 0.25) is 0 Å². The summed E-state index contributed by atoms with van der Waals surface area (Å²) in [6, 6.07) is 13.9. The summed E-state index contributed by atoms with van der Waals surface area (Å²) in [5.74, 6) is 0.603. The highest BCUT2D eigenvalue weighted by Gasteiger charge is 2.23. The maximum Gasteiger partial charge on any atom is 0.251 e. The van der Waals surface area contributed by atoms with Crippen molar-refractivity contribution < 1.29 is 4.79 Å². The molecule has 150 valence electrons. The molecule has 1 saturated heterocycles. The van der Waals surface area contributed by atoms with Crippen LogP contribution in [0.4, 0.5) is 0 Å². The van der Waals surface area contributed by atoms with Crippen molar-refractivity contribution in [2.24, 2.45) is 13.0 Å². The second kappa shape index (κ2) is 9.01. The van der Waals surface area contributed by atoms with Crippen molar-refractivity contribution in [3.63, 3.8) is 0 Å². The quantitative estimate of drug-likeness (QED) is 0.675. The number of aromatic nitrogens is 3. The van der Waals surface area contributed by atoms with Gasteiger partial charge in [-0.25, -0.2) is 0 Å². The molecule has 0 bridgehead atoms. The van der Waals surface area contributed by atoms with E-state index in [-0.39, 0.29) is 5.91 Å². The summed E-state index contributed by atoms with van der Waals surface area (Å²) in [7, 11) is 1.96. The van der Waals surface area contributed by atoms with Crippen LogP contribution in [-0.4, -0.2) is 38.7 Å². The third-order valence-corrected chi connectivity index (χ3v) is 5.44. The number of aryl methyl sites for hydroxylation is 1. The molecule has 0 aliphatic carbocycles. The van der Waals surface area contributed by atoms with Crippen LogP contribution in [0.25, 0.3) is 0 Å². The zero-order chi connectivity index (χ0) is 20.1. The van der Waals surface area contributed by atoms with Gasteiger partial charge in [-0.05, 0) is 60.7 Å². The van der Waals surface area contributed by atoms with Gasteiger partial charge < -0.3 is 5.32 Å². The van der Waals surface area contributed by atoms with E-state index in [1.54, 1.807) is 12.4 Å². The van der Waals surface area contributed by atoms with Crippen LogP contribution < -0.4 is 5.32 Å². The second-order valence-corrected chi connectivity index (χ2v) is 7.82. The lowest BCUT2D eigenvalue weighted by molar-refractivity contribution is 0.0951. The number of amides is 1. The van der Waals surface area contributed by atoms with Crippen molar-refractivity contribution in [3.05, 3.63) is 83.4 Å². The lowest BCUT2D eigenvalue weighted by atomic mass is 9.98. The van der Waals surface area contributed by atoms with Gasteiger partial charge in [0.25, 0.3) is 5.91 Å². The van der Waals surface area contributed by atoms with Crippen LogP contribution in [0.15, 0.2) is 61.1 Å². The van der Waals surface area contributed by atoms with Gasteiger partial charge >= 0.3 is 0 Å². The summed E-state index contributed by atoms with van der Waals surface area (Å²) in [5, 5.41) is 7.42. The van der Waals surface area contributed by atoms with E-state index in [9.17, 15) is 4.79 Å². The summed E-state index contributed by atoms with van der Waals surface area (Å²) in [5.41, 5.74) is 4.11. The van der Waals surface area contributed by atoms with Crippen molar-refractivity contribution >= 4 is 5.91 Å². The Morgan fingerprint density at radius 2 is 2.03 bits per heavy atom. The van der Waals surface area contributed by atoms with Gasteiger partial charge in [0, 0.05) is 50.8 Å². The number of carbonyl (C=O) groups excluding carboxylic acids is 1. The van der Waals surface area contributed by atoms with Crippen molar-refractivity contribution in [2.45, 2.75) is 25.9 Å². The van der Waals surface area contributed by atoms with Gasteiger partial charge in [0.2, 0.25) is 0 Å². The molecule has 1 unspecified atom stereocenters. The van der Waals surface area contributed by atoms with Crippen LogP contribution >= 0.6 is 0 Å². The minimum Gasteiger partial charge on any atom is -0.348 e. The highest BCUT2D eigenvalue weighted by Crippen LogP contribution is 2.22. The highest BCUT2D eigenvalue weighted by molar-refractivity contribution is 5.94. The molecule has 1 atom stereocenters. The summed E-state index contributed by atoms with van der Waals surface area (Å²) >= 11 is 0. The molecule has 2 aromatic heterocycles. The molecular weight excluding hydrogens is 362 g/mol.